The second-order valence-corrected chi connectivity index (χ2v) is 12.6. The zero-order valence-corrected chi connectivity index (χ0v) is 37.1. The number of aliphatic hydroxyl groups excluding tert-OH is 4. The van der Waals surface area contributed by atoms with Gasteiger partial charge in [0.05, 0.1) is 33.7 Å². The summed E-state index contributed by atoms with van der Waals surface area (Å²) in [5.74, 6) is -1.24. The second kappa shape index (κ2) is 20.3. The van der Waals surface area contributed by atoms with Crippen molar-refractivity contribution < 1.29 is 196 Å². The van der Waals surface area contributed by atoms with Gasteiger partial charge in [-0.2, -0.15) is 4.99 Å². The number of carbonyl (C=O) groups is 1. The number of phosphoric acid groups is 2. The van der Waals surface area contributed by atoms with Crippen molar-refractivity contribution >= 4 is 58.3 Å². The molecule has 6 aliphatic heterocycles. The average Bonchev–Trinajstić information content (AvgIpc) is 3.73. The molecule has 51 heavy (non-hydrogen) atoms. The SMILES string of the molecule is NC1=NC2C(N=CN2[C@@H]2O[C@H](COP(=O)([O-])[O-])[C@@H](O)[C@H]2O)C([O-])=N1.O=C1N=CN=C2C1N=CN2[C@@H]1O[C@H](COP(=O)([O-])O)[C@@H](O)[C@H]1O.[Na+].[Na+].[Na+].[Na+]. The fraction of sp³-hybridized carbons (Fsp3) is 0.650. The Morgan fingerprint density at radius 1 is 0.882 bits per heavy atom. The van der Waals surface area contributed by atoms with E-state index >= 15 is 0 Å². The Morgan fingerprint density at radius 3 is 2.04 bits per heavy atom. The smallest absolute Gasteiger partial charge is 0.860 e. The van der Waals surface area contributed by atoms with E-state index in [0.717, 1.165) is 6.34 Å². The molecule has 2 saturated heterocycles. The van der Waals surface area contributed by atoms with Gasteiger partial charge in [-0.05, 0) is 5.90 Å². The van der Waals surface area contributed by atoms with Gasteiger partial charge in [-0.15, -0.1) is 0 Å². The monoisotopic (exact) mass is 801 g/mol. The van der Waals surface area contributed by atoms with Crippen LogP contribution in [0.15, 0.2) is 30.0 Å². The van der Waals surface area contributed by atoms with Crippen LogP contribution >= 0.6 is 15.6 Å². The third-order valence-electron chi connectivity index (χ3n) is 7.19. The number of nitrogens with two attached hydrogens (primary N) is 1. The van der Waals surface area contributed by atoms with Gasteiger partial charge in [0, 0.05) is 0 Å². The van der Waals surface area contributed by atoms with E-state index in [4.69, 9.17) is 20.1 Å². The molecule has 6 heterocycles. The number of amidine groups is 1. The number of carbonyl (C=O) groups excluding carboxylic acids is 1. The van der Waals surface area contributed by atoms with Gasteiger partial charge in [-0.1, -0.05) is 0 Å². The molecular weight excluding hydrogens is 776 g/mol. The van der Waals surface area contributed by atoms with E-state index < -0.39 is 108 Å². The van der Waals surface area contributed by atoms with Gasteiger partial charge in [-0.3, -0.25) is 24.2 Å². The number of nitrogens with zero attached hydrogens (tertiary/aromatic N) is 8. The van der Waals surface area contributed by atoms with Crippen LogP contribution in [0.5, 0.6) is 0 Å². The third-order valence-corrected chi connectivity index (χ3v) is 8.13. The maximum absolute atomic E-state index is 11.7. The van der Waals surface area contributed by atoms with Crippen molar-refractivity contribution in [3.05, 3.63) is 0 Å². The first-order chi connectivity index (χ1) is 21.9. The van der Waals surface area contributed by atoms with Crippen LogP contribution in [-0.4, -0.2) is 158 Å². The van der Waals surface area contributed by atoms with Crippen LogP contribution in [0.25, 0.3) is 0 Å². The first kappa shape index (κ1) is 49.9. The Hall–Kier alpha value is 0.870. The molecule has 260 valence electrons. The molecule has 0 aliphatic carbocycles. The van der Waals surface area contributed by atoms with Crippen molar-refractivity contribution in [2.24, 2.45) is 35.7 Å². The molecule has 1 amide bonds. The summed E-state index contributed by atoms with van der Waals surface area (Å²) in [4.78, 5) is 76.9. The second-order valence-electron chi connectivity index (χ2n) is 10.3. The van der Waals surface area contributed by atoms with Crippen LogP contribution in [0.4, 0.5) is 0 Å². The molecule has 0 spiro atoms. The number of hydrogen-bond donors (Lipinski definition) is 6. The summed E-state index contributed by atoms with van der Waals surface area (Å²) in [7, 11) is -10.2. The number of guanidine groups is 1. The molecule has 2 fully saturated rings. The first-order valence-electron chi connectivity index (χ1n) is 13.2. The summed E-state index contributed by atoms with van der Waals surface area (Å²) >= 11 is 0. The van der Waals surface area contributed by atoms with E-state index in [0.29, 0.717) is 0 Å². The largest absolute Gasteiger partial charge is 1.00 e. The molecule has 6 aliphatic rings. The van der Waals surface area contributed by atoms with Crippen LogP contribution in [0, 0.1) is 0 Å². The van der Waals surface area contributed by atoms with Crippen LogP contribution in [0.3, 0.4) is 0 Å². The zero-order valence-electron chi connectivity index (χ0n) is 27.3. The molecule has 25 nitrogen and oxygen atoms in total. The molecule has 0 aromatic heterocycles. The van der Waals surface area contributed by atoms with Crippen molar-refractivity contribution in [1.29, 1.82) is 0 Å². The van der Waals surface area contributed by atoms with Gasteiger partial charge in [0.1, 0.15) is 54.8 Å². The third kappa shape index (κ3) is 11.9. The molecule has 0 bridgehead atoms. The van der Waals surface area contributed by atoms with Gasteiger partial charge in [-0.25, -0.2) is 15.0 Å². The maximum Gasteiger partial charge on any atom is 1.00 e. The van der Waals surface area contributed by atoms with Gasteiger partial charge in [0.2, 0.25) is 5.96 Å². The predicted molar refractivity (Wildman–Crippen MR) is 143 cm³/mol. The number of rotatable bonds is 8. The van der Waals surface area contributed by atoms with Crippen molar-refractivity contribution in [3.63, 3.8) is 0 Å². The number of aliphatic hydroxyl groups is 4. The Labute approximate surface area is 375 Å². The number of aliphatic imine (C=N–C) groups is 6. The molecule has 0 aromatic carbocycles. The molecule has 4 unspecified atom stereocenters. The van der Waals surface area contributed by atoms with Crippen LogP contribution in [0.2, 0.25) is 0 Å². The minimum Gasteiger partial charge on any atom is -0.860 e. The van der Waals surface area contributed by atoms with Gasteiger partial charge < -0.3 is 78.8 Å². The average molecular weight is 801 g/mol. The van der Waals surface area contributed by atoms with Gasteiger partial charge in [0.25, 0.3) is 13.7 Å². The Kier molecular flexibility index (Phi) is 19.9. The van der Waals surface area contributed by atoms with Crippen LogP contribution in [-0.2, 0) is 32.4 Å². The van der Waals surface area contributed by atoms with Crippen molar-refractivity contribution in [2.45, 2.75) is 67.3 Å². The van der Waals surface area contributed by atoms with E-state index in [1.165, 1.54) is 22.5 Å². The zero-order chi connectivity index (χ0) is 34.4. The predicted octanol–water partition coefficient (Wildman–Crippen LogP) is -21.0. The molecule has 0 radical (unpaired) electrons. The van der Waals surface area contributed by atoms with E-state index in [2.05, 4.69) is 39.0 Å². The molecule has 7 N–H and O–H groups in total. The minimum atomic E-state index is -5.26. The minimum absolute atomic E-state index is 0. The summed E-state index contributed by atoms with van der Waals surface area (Å²) in [6.07, 6.45) is -8.27. The number of amides is 1. The van der Waals surface area contributed by atoms with E-state index in [1.54, 1.807) is 0 Å². The van der Waals surface area contributed by atoms with Crippen molar-refractivity contribution in [2.75, 3.05) is 13.2 Å². The normalized spacial score (nSPS) is 35.7. The number of ether oxygens (including phenoxy) is 2. The molecule has 31 heteroatoms. The van der Waals surface area contributed by atoms with E-state index in [1.807, 2.05) is 0 Å². The topological polar surface area (TPSA) is 388 Å². The summed E-state index contributed by atoms with van der Waals surface area (Å²) in [5, 5.41) is 51.7. The van der Waals surface area contributed by atoms with Gasteiger partial charge in [0.15, 0.2) is 24.7 Å². The molecule has 0 saturated carbocycles. The summed E-state index contributed by atoms with van der Waals surface area (Å²) in [6, 6.07) is -1.90. The van der Waals surface area contributed by atoms with E-state index in [-0.39, 0.29) is 130 Å². The number of phosphoric ester groups is 2. The maximum atomic E-state index is 11.7. The molecule has 6 rings (SSSR count). The molecular formula is C20H25N9Na4O16P2. The fourth-order valence-electron chi connectivity index (χ4n) is 5.02. The summed E-state index contributed by atoms with van der Waals surface area (Å²) in [5.41, 5.74) is 5.43. The number of fused-ring (bicyclic) bond motifs is 2. The van der Waals surface area contributed by atoms with Crippen molar-refractivity contribution in [1.82, 2.24) is 9.80 Å². The van der Waals surface area contributed by atoms with Crippen molar-refractivity contribution in [3.8, 4) is 0 Å². The first-order valence-corrected chi connectivity index (χ1v) is 16.1. The van der Waals surface area contributed by atoms with Crippen LogP contribution in [0.1, 0.15) is 0 Å². The van der Waals surface area contributed by atoms with E-state index in [9.17, 15) is 54.1 Å². The van der Waals surface area contributed by atoms with Gasteiger partial charge >= 0.3 is 118 Å². The summed E-state index contributed by atoms with van der Waals surface area (Å²) < 4.78 is 40.0. The Morgan fingerprint density at radius 2 is 1.45 bits per heavy atom. The summed E-state index contributed by atoms with van der Waals surface area (Å²) in [6.45, 7) is -1.45. The van der Waals surface area contributed by atoms with Crippen LogP contribution < -0.4 is 144 Å². The number of hydrogen-bond acceptors (Lipinski definition) is 23. The Balaban J connectivity index is 0.000000473. The Bertz CT molecular complexity index is 1530. The molecule has 12 atom stereocenters. The fourth-order valence-corrected chi connectivity index (χ4v) is 5.68. The molecule has 0 aromatic rings. The quantitative estimate of drug-likeness (QED) is 0.0980. The standard InChI is InChI=1S/C10H16N5O8P.C10H13N4O8P.4Na/c11-10-13-7-4(8(18)14-10)12-2-15(7)9-6(17)5(16)3(23-9)1-22-24(19,20)21;15-6-4(1-21-23(18,19)20)22-10(7(6)16)14-3-13-5-8(14)11-2-12-9(5)17;;;;/h2-7,9,16-17H,1H2,(H2,19,20,21)(H3,11,13,14,18);2-7,10,15-16H,1H2,(H2,18,19,20);;;;/q;;4*+1/p-4/t3-,4?,5-,6-,7?,9-;4-,5?,6-,7-,10-;;;;/m11..../s1.